The van der Waals surface area contributed by atoms with Crippen molar-refractivity contribution < 1.29 is 4.58 Å². The maximum Gasteiger partial charge on any atom is 0.248 e. The fourth-order valence-electron chi connectivity index (χ4n) is 3.73. The second-order valence-electron chi connectivity index (χ2n) is 7.51. The Morgan fingerprint density at radius 1 is 0.833 bits per heavy atom. The van der Waals surface area contributed by atoms with Gasteiger partial charge in [-0.1, -0.05) is 90.6 Å². The van der Waals surface area contributed by atoms with Crippen LogP contribution in [-0.2, 0) is 0 Å². The maximum absolute atomic E-state index is 3.88. The van der Waals surface area contributed by atoms with Crippen LogP contribution in [0.3, 0.4) is 0 Å². The molecule has 140 valence electrons. The van der Waals surface area contributed by atoms with Gasteiger partial charge in [0.2, 0.25) is 5.84 Å². The molecule has 0 N–H and O–H groups in total. The summed E-state index contributed by atoms with van der Waals surface area (Å²) in [6.45, 7) is 11.9. The second kappa shape index (κ2) is 14.5. The predicted octanol–water partition coefficient (Wildman–Crippen LogP) is 6.36. The van der Waals surface area contributed by atoms with E-state index in [9.17, 15) is 0 Å². The quantitative estimate of drug-likeness (QED) is 0.235. The standard InChI is InChI=1S/C22H43N2/c1-4-6-7-8-9-10-11-12-13-14-15-16-17-18-19-24-21-20-23(5-2)22(24)3/h5H,2,4,6-21H2,1,3H3/q+1. The van der Waals surface area contributed by atoms with Crippen LogP contribution in [0.4, 0.5) is 0 Å². The summed E-state index contributed by atoms with van der Waals surface area (Å²) >= 11 is 0. The highest BCUT2D eigenvalue weighted by atomic mass is 15.3. The average molecular weight is 336 g/mol. The smallest absolute Gasteiger partial charge is 0.248 e. The molecule has 2 heteroatoms. The van der Waals surface area contributed by atoms with Gasteiger partial charge in [0, 0.05) is 6.92 Å². The first-order chi connectivity index (χ1) is 11.8. The molecule has 1 rings (SSSR count). The molecule has 0 saturated carbocycles. The minimum absolute atomic E-state index is 1.12. The number of nitrogens with zero attached hydrogens (tertiary/aromatic N) is 2. The summed E-state index contributed by atoms with van der Waals surface area (Å²) in [5.41, 5.74) is 0. The van der Waals surface area contributed by atoms with E-state index in [1.54, 1.807) is 0 Å². The lowest BCUT2D eigenvalue weighted by Crippen LogP contribution is -2.21. The Hall–Kier alpha value is -0.790. The fourth-order valence-corrected chi connectivity index (χ4v) is 3.73. The molecule has 0 unspecified atom stereocenters. The van der Waals surface area contributed by atoms with Crippen LogP contribution >= 0.6 is 0 Å². The Kier molecular flexibility index (Phi) is 12.9. The van der Waals surface area contributed by atoms with E-state index in [0.717, 1.165) is 6.54 Å². The Bertz CT molecular complexity index is 346. The van der Waals surface area contributed by atoms with Crippen molar-refractivity contribution in [2.45, 2.75) is 104 Å². The topological polar surface area (TPSA) is 6.25 Å². The SMILES string of the molecule is C=CN1CC[N+](CCCCCCCCCCCCCCCC)=C1C. The van der Waals surface area contributed by atoms with Crippen LogP contribution in [0.5, 0.6) is 0 Å². The van der Waals surface area contributed by atoms with Gasteiger partial charge >= 0.3 is 0 Å². The largest absolute Gasteiger partial charge is 0.262 e. The van der Waals surface area contributed by atoms with Gasteiger partial charge in [0.1, 0.15) is 13.1 Å². The molecule has 0 saturated heterocycles. The molecule has 1 heterocycles. The van der Waals surface area contributed by atoms with E-state index in [2.05, 4.69) is 29.9 Å². The Morgan fingerprint density at radius 2 is 1.29 bits per heavy atom. The molecule has 0 spiro atoms. The molecule has 24 heavy (non-hydrogen) atoms. The summed E-state index contributed by atoms with van der Waals surface area (Å²) in [6, 6.07) is 0. The van der Waals surface area contributed by atoms with Gasteiger partial charge in [-0.05, 0) is 12.8 Å². The molecule has 0 radical (unpaired) electrons. The Labute approximate surface area is 152 Å². The minimum atomic E-state index is 1.12. The van der Waals surface area contributed by atoms with E-state index in [0.29, 0.717) is 0 Å². The minimum Gasteiger partial charge on any atom is -0.262 e. The van der Waals surface area contributed by atoms with Crippen LogP contribution in [0.25, 0.3) is 0 Å². The van der Waals surface area contributed by atoms with Crippen LogP contribution in [0.1, 0.15) is 104 Å². The van der Waals surface area contributed by atoms with E-state index in [1.165, 1.54) is 109 Å². The molecule has 0 aromatic rings. The highest BCUT2D eigenvalue weighted by Crippen LogP contribution is 2.13. The zero-order valence-electron chi connectivity index (χ0n) is 16.7. The summed E-state index contributed by atoms with van der Waals surface area (Å²) < 4.78 is 2.52. The first-order valence-electron chi connectivity index (χ1n) is 10.8. The molecule has 0 aromatic heterocycles. The first-order valence-corrected chi connectivity index (χ1v) is 10.8. The molecule has 1 aliphatic heterocycles. The van der Waals surface area contributed by atoms with Crippen molar-refractivity contribution in [3.8, 4) is 0 Å². The zero-order chi connectivity index (χ0) is 17.5. The normalized spacial score (nSPS) is 14.7. The van der Waals surface area contributed by atoms with E-state index in [1.807, 2.05) is 6.20 Å². The number of amidine groups is 1. The lowest BCUT2D eigenvalue weighted by atomic mass is 10.0. The maximum atomic E-state index is 3.88. The van der Waals surface area contributed by atoms with Gasteiger partial charge in [0.25, 0.3) is 0 Å². The van der Waals surface area contributed by atoms with Crippen molar-refractivity contribution in [1.29, 1.82) is 0 Å². The molecule has 0 bridgehead atoms. The lowest BCUT2D eigenvalue weighted by molar-refractivity contribution is -0.519. The average Bonchev–Trinajstić information content (AvgIpc) is 2.95. The molecule has 0 aromatic carbocycles. The summed E-state index contributed by atoms with van der Waals surface area (Å²) in [7, 11) is 0. The summed E-state index contributed by atoms with van der Waals surface area (Å²) in [5, 5.41) is 0. The van der Waals surface area contributed by atoms with Crippen LogP contribution in [0.2, 0.25) is 0 Å². The van der Waals surface area contributed by atoms with Crippen molar-refractivity contribution in [2.75, 3.05) is 19.6 Å². The summed E-state index contributed by atoms with van der Waals surface area (Å²) in [4.78, 5) is 2.27. The second-order valence-corrected chi connectivity index (χ2v) is 7.51. The van der Waals surface area contributed by atoms with Crippen LogP contribution in [0, 0.1) is 0 Å². The number of unbranched alkanes of at least 4 members (excludes halogenated alkanes) is 13. The van der Waals surface area contributed by atoms with Crippen LogP contribution in [0.15, 0.2) is 12.8 Å². The van der Waals surface area contributed by atoms with Gasteiger partial charge in [-0.2, -0.15) is 0 Å². The lowest BCUT2D eigenvalue weighted by Gasteiger charge is -2.05. The van der Waals surface area contributed by atoms with Crippen molar-refractivity contribution in [3.63, 3.8) is 0 Å². The van der Waals surface area contributed by atoms with Gasteiger partial charge in [0.15, 0.2) is 0 Å². The van der Waals surface area contributed by atoms with Crippen molar-refractivity contribution in [3.05, 3.63) is 12.8 Å². The monoisotopic (exact) mass is 335 g/mol. The third kappa shape index (κ3) is 9.49. The molecule has 2 nitrogen and oxygen atoms in total. The van der Waals surface area contributed by atoms with Gasteiger partial charge in [-0.3, -0.25) is 4.58 Å². The third-order valence-electron chi connectivity index (χ3n) is 5.49. The predicted molar refractivity (Wildman–Crippen MR) is 108 cm³/mol. The molecule has 0 fully saturated rings. The summed E-state index contributed by atoms with van der Waals surface area (Å²) in [5.74, 6) is 1.39. The first kappa shape index (κ1) is 21.3. The van der Waals surface area contributed by atoms with Crippen molar-refractivity contribution in [1.82, 2.24) is 4.90 Å². The number of hydrogen-bond donors (Lipinski definition) is 0. The van der Waals surface area contributed by atoms with Crippen molar-refractivity contribution in [2.24, 2.45) is 0 Å². The number of hydrogen-bond acceptors (Lipinski definition) is 1. The van der Waals surface area contributed by atoms with E-state index in [-0.39, 0.29) is 0 Å². The Balaban J connectivity index is 1.81. The molecule has 0 amide bonds. The summed E-state index contributed by atoms with van der Waals surface area (Å²) in [6.07, 6.45) is 22.1. The molecule has 0 aliphatic carbocycles. The molecular weight excluding hydrogens is 292 g/mol. The van der Waals surface area contributed by atoms with Crippen LogP contribution in [-0.4, -0.2) is 34.9 Å². The van der Waals surface area contributed by atoms with E-state index >= 15 is 0 Å². The van der Waals surface area contributed by atoms with E-state index < -0.39 is 0 Å². The Morgan fingerprint density at radius 3 is 1.71 bits per heavy atom. The molecule has 1 aliphatic rings. The molecular formula is C22H43N2+. The number of rotatable bonds is 16. The van der Waals surface area contributed by atoms with Crippen LogP contribution < -0.4 is 0 Å². The van der Waals surface area contributed by atoms with Gasteiger partial charge < -0.3 is 0 Å². The highest BCUT2D eigenvalue weighted by molar-refractivity contribution is 5.76. The van der Waals surface area contributed by atoms with Gasteiger partial charge in [-0.25, -0.2) is 4.90 Å². The van der Waals surface area contributed by atoms with Gasteiger partial charge in [0.05, 0.1) is 12.7 Å². The molecule has 0 atom stereocenters. The van der Waals surface area contributed by atoms with Gasteiger partial charge in [-0.15, -0.1) is 0 Å². The highest BCUT2D eigenvalue weighted by Gasteiger charge is 2.23. The fraction of sp³-hybridized carbons (Fsp3) is 0.864. The van der Waals surface area contributed by atoms with Crippen molar-refractivity contribution >= 4 is 5.84 Å². The van der Waals surface area contributed by atoms with E-state index in [4.69, 9.17) is 0 Å². The third-order valence-corrected chi connectivity index (χ3v) is 5.49. The zero-order valence-corrected chi connectivity index (χ0v) is 16.7.